The molecule has 0 aliphatic carbocycles. The number of likely N-dealkylation sites (tertiary alicyclic amines) is 1. The summed E-state index contributed by atoms with van der Waals surface area (Å²) < 4.78 is 0. The molecule has 7 heteroatoms. The minimum absolute atomic E-state index is 0. The summed E-state index contributed by atoms with van der Waals surface area (Å²) in [6.45, 7) is 4.64. The summed E-state index contributed by atoms with van der Waals surface area (Å²) in [6, 6.07) is 14.7. The first-order chi connectivity index (χ1) is 13.6. The van der Waals surface area contributed by atoms with E-state index in [4.69, 9.17) is 11.6 Å². The standard InChI is InChI=1S/C22H30ClN5.HI/c1-16-7-4-11-20(27-16)15-26-22(24-2)25-14-18-9-6-12-28(3)21(18)17-8-5-10-19(23)13-17;/h4-5,7-8,10-11,13,18,21H,6,9,12,14-15H2,1-3H3,(H2,24,25,26);1H. The van der Waals surface area contributed by atoms with Crippen LogP contribution in [0, 0.1) is 12.8 Å². The molecule has 2 N–H and O–H groups in total. The Hall–Kier alpha value is -1.38. The molecule has 2 aromatic rings. The van der Waals surface area contributed by atoms with Crippen LogP contribution in [0.25, 0.3) is 0 Å². The van der Waals surface area contributed by atoms with Crippen molar-refractivity contribution in [1.29, 1.82) is 0 Å². The van der Waals surface area contributed by atoms with E-state index in [1.165, 1.54) is 18.4 Å². The smallest absolute Gasteiger partial charge is 0.191 e. The van der Waals surface area contributed by atoms with Gasteiger partial charge in [-0.25, -0.2) is 0 Å². The molecule has 1 aliphatic heterocycles. The summed E-state index contributed by atoms with van der Waals surface area (Å²) in [7, 11) is 4.01. The van der Waals surface area contributed by atoms with Crippen molar-refractivity contribution in [2.75, 3.05) is 27.2 Å². The molecule has 29 heavy (non-hydrogen) atoms. The van der Waals surface area contributed by atoms with Crippen molar-refractivity contribution in [2.45, 2.75) is 32.4 Å². The molecule has 1 fully saturated rings. The number of hydrogen-bond donors (Lipinski definition) is 2. The first kappa shape index (κ1) is 23.9. The average Bonchev–Trinajstić information content (AvgIpc) is 2.68. The van der Waals surface area contributed by atoms with Gasteiger partial charge < -0.3 is 10.6 Å². The van der Waals surface area contributed by atoms with Crippen LogP contribution in [0.5, 0.6) is 0 Å². The number of piperidine rings is 1. The highest BCUT2D eigenvalue weighted by molar-refractivity contribution is 14.0. The highest BCUT2D eigenvalue weighted by atomic mass is 127. The van der Waals surface area contributed by atoms with Crippen molar-refractivity contribution in [1.82, 2.24) is 20.5 Å². The highest BCUT2D eigenvalue weighted by Crippen LogP contribution is 2.35. The second-order valence-corrected chi connectivity index (χ2v) is 7.90. The molecule has 1 aromatic carbocycles. The Balaban J connectivity index is 0.00000300. The van der Waals surface area contributed by atoms with E-state index in [1.54, 1.807) is 7.05 Å². The number of aryl methyl sites for hydroxylation is 1. The van der Waals surface area contributed by atoms with E-state index in [1.807, 2.05) is 37.3 Å². The van der Waals surface area contributed by atoms with Gasteiger partial charge in [-0.05, 0) is 69.1 Å². The van der Waals surface area contributed by atoms with Gasteiger partial charge in [0.2, 0.25) is 0 Å². The molecule has 0 bridgehead atoms. The van der Waals surface area contributed by atoms with E-state index >= 15 is 0 Å². The molecule has 1 aliphatic rings. The van der Waals surface area contributed by atoms with E-state index in [9.17, 15) is 0 Å². The van der Waals surface area contributed by atoms with Gasteiger partial charge in [-0.15, -0.1) is 24.0 Å². The first-order valence-corrected chi connectivity index (χ1v) is 10.3. The molecular weight excluding hydrogens is 497 g/mol. The highest BCUT2D eigenvalue weighted by Gasteiger charge is 2.30. The van der Waals surface area contributed by atoms with Gasteiger partial charge in [0.1, 0.15) is 0 Å². The van der Waals surface area contributed by atoms with Gasteiger partial charge in [0.25, 0.3) is 0 Å². The normalized spacial score (nSPS) is 20.1. The first-order valence-electron chi connectivity index (χ1n) is 9.89. The van der Waals surface area contributed by atoms with Gasteiger partial charge >= 0.3 is 0 Å². The maximum absolute atomic E-state index is 6.25. The Morgan fingerprint density at radius 1 is 1.24 bits per heavy atom. The van der Waals surface area contributed by atoms with Crippen molar-refractivity contribution in [2.24, 2.45) is 10.9 Å². The molecule has 1 saturated heterocycles. The lowest BCUT2D eigenvalue weighted by Gasteiger charge is -2.40. The van der Waals surface area contributed by atoms with Gasteiger partial charge in [-0.1, -0.05) is 29.8 Å². The minimum Gasteiger partial charge on any atom is -0.356 e. The van der Waals surface area contributed by atoms with E-state index in [0.717, 1.165) is 35.5 Å². The fourth-order valence-electron chi connectivity index (χ4n) is 4.01. The van der Waals surface area contributed by atoms with Crippen molar-refractivity contribution in [3.8, 4) is 0 Å². The summed E-state index contributed by atoms with van der Waals surface area (Å²) in [5.41, 5.74) is 3.32. The number of hydrogen-bond acceptors (Lipinski definition) is 3. The van der Waals surface area contributed by atoms with Gasteiger partial charge in [0.05, 0.1) is 12.2 Å². The monoisotopic (exact) mass is 527 g/mol. The fraction of sp³-hybridized carbons (Fsp3) is 0.455. The third-order valence-electron chi connectivity index (χ3n) is 5.34. The second-order valence-electron chi connectivity index (χ2n) is 7.46. The summed E-state index contributed by atoms with van der Waals surface area (Å²) >= 11 is 6.25. The van der Waals surface area contributed by atoms with E-state index in [2.05, 4.69) is 44.7 Å². The van der Waals surface area contributed by atoms with Crippen LogP contribution in [0.2, 0.25) is 5.02 Å². The Morgan fingerprint density at radius 3 is 2.76 bits per heavy atom. The zero-order valence-corrected chi connectivity index (χ0v) is 20.4. The SMILES string of the molecule is CN=C(NCc1cccc(C)n1)NCC1CCCN(C)C1c1cccc(Cl)c1.I. The van der Waals surface area contributed by atoms with Crippen molar-refractivity contribution in [3.63, 3.8) is 0 Å². The lowest BCUT2D eigenvalue weighted by Crippen LogP contribution is -2.44. The largest absolute Gasteiger partial charge is 0.356 e. The van der Waals surface area contributed by atoms with Gasteiger partial charge in [0.15, 0.2) is 5.96 Å². The Kier molecular flexibility index (Phi) is 9.65. The topological polar surface area (TPSA) is 52.6 Å². The fourth-order valence-corrected chi connectivity index (χ4v) is 4.21. The zero-order chi connectivity index (χ0) is 19.9. The number of nitrogens with zero attached hydrogens (tertiary/aromatic N) is 3. The molecule has 2 atom stereocenters. The van der Waals surface area contributed by atoms with Crippen LogP contribution in [0.4, 0.5) is 0 Å². The number of halogens is 2. The molecule has 2 unspecified atom stereocenters. The van der Waals surface area contributed by atoms with Crippen molar-refractivity contribution >= 4 is 41.5 Å². The molecule has 2 heterocycles. The van der Waals surface area contributed by atoms with E-state index < -0.39 is 0 Å². The van der Waals surface area contributed by atoms with E-state index in [0.29, 0.717) is 18.5 Å². The Morgan fingerprint density at radius 2 is 2.03 bits per heavy atom. The number of benzene rings is 1. The predicted octanol–water partition coefficient (Wildman–Crippen LogP) is 4.41. The third kappa shape index (κ3) is 6.83. The second kappa shape index (κ2) is 11.7. The Labute approximate surface area is 196 Å². The molecule has 158 valence electrons. The molecule has 0 spiro atoms. The van der Waals surface area contributed by atoms with Crippen LogP contribution < -0.4 is 10.6 Å². The lowest BCUT2D eigenvalue weighted by atomic mass is 9.85. The van der Waals surface area contributed by atoms with Crippen LogP contribution >= 0.6 is 35.6 Å². The van der Waals surface area contributed by atoms with Crippen LogP contribution in [0.1, 0.15) is 35.8 Å². The molecule has 1 aromatic heterocycles. The summed E-state index contributed by atoms with van der Waals surface area (Å²) in [4.78, 5) is 11.3. The van der Waals surface area contributed by atoms with Gasteiger partial charge in [0, 0.05) is 30.4 Å². The number of aliphatic imine (C=N–C) groups is 1. The van der Waals surface area contributed by atoms with Gasteiger partial charge in [-0.3, -0.25) is 14.9 Å². The lowest BCUT2D eigenvalue weighted by molar-refractivity contribution is 0.122. The molecular formula is C22H31ClIN5. The summed E-state index contributed by atoms with van der Waals surface area (Å²) in [5.74, 6) is 1.30. The quantitative estimate of drug-likeness (QED) is 0.344. The maximum Gasteiger partial charge on any atom is 0.191 e. The number of rotatable bonds is 5. The average molecular weight is 528 g/mol. The van der Waals surface area contributed by atoms with Crippen LogP contribution in [0.15, 0.2) is 47.5 Å². The molecule has 0 saturated carbocycles. The van der Waals surface area contributed by atoms with Crippen molar-refractivity contribution in [3.05, 3.63) is 64.4 Å². The zero-order valence-electron chi connectivity index (χ0n) is 17.4. The van der Waals surface area contributed by atoms with Crippen LogP contribution in [0.3, 0.4) is 0 Å². The van der Waals surface area contributed by atoms with Crippen LogP contribution in [-0.4, -0.2) is 43.0 Å². The molecule has 5 nitrogen and oxygen atoms in total. The van der Waals surface area contributed by atoms with Crippen molar-refractivity contribution < 1.29 is 0 Å². The number of guanidine groups is 1. The number of nitrogens with one attached hydrogen (secondary N) is 2. The summed E-state index contributed by atoms with van der Waals surface area (Å²) in [5, 5.41) is 7.68. The third-order valence-corrected chi connectivity index (χ3v) is 5.57. The maximum atomic E-state index is 6.25. The molecule has 0 amide bonds. The number of pyridine rings is 1. The van der Waals surface area contributed by atoms with Gasteiger partial charge in [-0.2, -0.15) is 0 Å². The van der Waals surface area contributed by atoms with Crippen LogP contribution in [-0.2, 0) is 6.54 Å². The molecule has 3 rings (SSSR count). The Bertz CT molecular complexity index is 813. The predicted molar refractivity (Wildman–Crippen MR) is 132 cm³/mol. The minimum atomic E-state index is 0. The number of aromatic nitrogens is 1. The summed E-state index contributed by atoms with van der Waals surface area (Å²) in [6.07, 6.45) is 2.39. The van der Waals surface area contributed by atoms with E-state index in [-0.39, 0.29) is 24.0 Å². The molecule has 0 radical (unpaired) electrons.